The van der Waals surface area contributed by atoms with E-state index in [1.807, 2.05) is 12.1 Å². The molecule has 0 bridgehead atoms. The van der Waals surface area contributed by atoms with Gasteiger partial charge in [-0.2, -0.15) is 4.98 Å². The molecule has 3 N–H and O–H groups in total. The smallest absolute Gasteiger partial charge is 0.278 e. The number of halogens is 1. The topological polar surface area (TPSA) is 144 Å². The van der Waals surface area contributed by atoms with Gasteiger partial charge in [-0.1, -0.05) is 23.7 Å². The lowest BCUT2D eigenvalue weighted by molar-refractivity contribution is 0.313. The van der Waals surface area contributed by atoms with Crippen molar-refractivity contribution in [1.82, 2.24) is 29.2 Å². The first-order valence-electron chi connectivity index (χ1n) is 11.8. The van der Waals surface area contributed by atoms with Gasteiger partial charge >= 0.3 is 0 Å². The summed E-state index contributed by atoms with van der Waals surface area (Å²) in [6, 6.07) is 9.96. The number of anilines is 3. The second kappa shape index (κ2) is 10.2. The number of nitrogens with one attached hydrogen (secondary N) is 1. The van der Waals surface area contributed by atoms with Gasteiger partial charge in [-0.15, -0.1) is 6.58 Å². The molecule has 1 saturated heterocycles. The summed E-state index contributed by atoms with van der Waals surface area (Å²) in [5, 5.41) is 8.89. The molecule has 4 aromatic rings. The normalized spacial score (nSPS) is 14.7. The Hall–Kier alpha value is -3.78. The molecular weight excluding hydrogens is 530 g/mol. The maximum atomic E-state index is 13.1. The number of primary sulfonamides is 1. The van der Waals surface area contributed by atoms with Gasteiger partial charge in [-0.3, -0.25) is 4.79 Å². The molecule has 38 heavy (non-hydrogen) atoms. The van der Waals surface area contributed by atoms with Crippen molar-refractivity contribution in [2.75, 3.05) is 43.4 Å². The third-order valence-electron chi connectivity index (χ3n) is 6.24. The van der Waals surface area contributed by atoms with Crippen LogP contribution in [0.3, 0.4) is 0 Å². The van der Waals surface area contributed by atoms with Gasteiger partial charge in [0, 0.05) is 38.1 Å². The molecular formula is C24H26ClN9O3S. The fourth-order valence-electron chi connectivity index (χ4n) is 4.31. The SMILES string of the molecule is C=CCn1c(=O)c2cnc(Nc3ccc(N4CCN(C)CC4)c(Cl)c3)nc2n1-c1cccc(S(N)(=O)=O)n1. The molecule has 1 aromatic carbocycles. The lowest BCUT2D eigenvalue weighted by Crippen LogP contribution is -2.44. The van der Waals surface area contributed by atoms with E-state index in [1.165, 1.54) is 33.8 Å². The molecule has 14 heteroatoms. The molecule has 0 unspecified atom stereocenters. The van der Waals surface area contributed by atoms with E-state index >= 15 is 0 Å². The zero-order valence-corrected chi connectivity index (χ0v) is 22.2. The zero-order chi connectivity index (χ0) is 27.0. The van der Waals surface area contributed by atoms with Gasteiger partial charge in [-0.05, 0) is 37.4 Å². The van der Waals surface area contributed by atoms with Crippen LogP contribution in [0.5, 0.6) is 0 Å². The summed E-state index contributed by atoms with van der Waals surface area (Å²) in [6.45, 7) is 7.55. The van der Waals surface area contributed by atoms with E-state index in [9.17, 15) is 13.2 Å². The Labute approximate surface area is 224 Å². The van der Waals surface area contributed by atoms with E-state index in [2.05, 4.69) is 43.7 Å². The maximum Gasteiger partial charge on any atom is 0.278 e. The number of likely N-dealkylation sites (N-methyl/N-ethyl adjacent to an activating group) is 1. The van der Waals surface area contributed by atoms with Crippen LogP contribution in [0.15, 0.2) is 65.1 Å². The first-order chi connectivity index (χ1) is 18.2. The standard InChI is InChI=1S/C24H26ClN9O3S/c1-3-9-33-23(35)17-15-27-24(30-22(17)34(33)20-5-4-6-21(29-20)38(26,36)37)28-16-7-8-19(18(25)14-16)32-12-10-31(2)11-13-32/h3-8,14-15H,1,9-13H2,2H3,(H2,26,36,37)(H,27,28,30). The summed E-state index contributed by atoms with van der Waals surface area (Å²) in [4.78, 5) is 30.7. The number of hydrogen-bond acceptors (Lipinski definition) is 9. The fourth-order valence-corrected chi connectivity index (χ4v) is 5.10. The molecule has 0 atom stereocenters. The number of hydrogen-bond donors (Lipinski definition) is 2. The number of benzene rings is 1. The van der Waals surface area contributed by atoms with Gasteiger partial charge in [0.1, 0.15) is 5.39 Å². The van der Waals surface area contributed by atoms with Gasteiger partial charge in [-0.25, -0.2) is 32.9 Å². The predicted molar refractivity (Wildman–Crippen MR) is 147 cm³/mol. The van der Waals surface area contributed by atoms with Crippen molar-refractivity contribution in [3.63, 3.8) is 0 Å². The summed E-state index contributed by atoms with van der Waals surface area (Å²) in [7, 11) is -1.97. The number of nitrogens with two attached hydrogens (primary N) is 1. The molecule has 0 amide bonds. The molecule has 12 nitrogen and oxygen atoms in total. The lowest BCUT2D eigenvalue weighted by Gasteiger charge is -2.34. The van der Waals surface area contributed by atoms with E-state index in [-0.39, 0.29) is 39.9 Å². The van der Waals surface area contributed by atoms with Crippen LogP contribution in [0.4, 0.5) is 17.3 Å². The van der Waals surface area contributed by atoms with Crippen molar-refractivity contribution in [3.05, 3.63) is 70.6 Å². The number of allylic oxidation sites excluding steroid dienone is 1. The molecule has 4 heterocycles. The monoisotopic (exact) mass is 555 g/mol. The Morgan fingerprint density at radius 2 is 1.92 bits per heavy atom. The Bertz CT molecular complexity index is 1690. The van der Waals surface area contributed by atoms with Gasteiger partial charge in [0.15, 0.2) is 16.5 Å². The van der Waals surface area contributed by atoms with Gasteiger partial charge in [0.2, 0.25) is 5.95 Å². The van der Waals surface area contributed by atoms with E-state index < -0.39 is 10.0 Å². The Morgan fingerprint density at radius 3 is 2.61 bits per heavy atom. The van der Waals surface area contributed by atoms with Gasteiger partial charge in [0.25, 0.3) is 15.6 Å². The molecule has 0 radical (unpaired) electrons. The van der Waals surface area contributed by atoms with Crippen molar-refractivity contribution in [1.29, 1.82) is 0 Å². The quantitative estimate of drug-likeness (QED) is 0.327. The third-order valence-corrected chi connectivity index (χ3v) is 7.36. The molecule has 0 aliphatic carbocycles. The highest BCUT2D eigenvalue weighted by Gasteiger charge is 2.20. The van der Waals surface area contributed by atoms with Crippen LogP contribution in [0.2, 0.25) is 5.02 Å². The minimum Gasteiger partial charge on any atom is -0.368 e. The molecule has 198 valence electrons. The van der Waals surface area contributed by atoms with Crippen molar-refractivity contribution in [3.8, 4) is 5.82 Å². The maximum absolute atomic E-state index is 13.1. The highest BCUT2D eigenvalue weighted by molar-refractivity contribution is 7.89. The second-order valence-electron chi connectivity index (χ2n) is 8.88. The van der Waals surface area contributed by atoms with Crippen LogP contribution in [-0.2, 0) is 16.6 Å². The molecule has 0 saturated carbocycles. The van der Waals surface area contributed by atoms with Crippen molar-refractivity contribution < 1.29 is 8.42 Å². The van der Waals surface area contributed by atoms with E-state index in [4.69, 9.17) is 16.7 Å². The van der Waals surface area contributed by atoms with Crippen LogP contribution >= 0.6 is 11.6 Å². The van der Waals surface area contributed by atoms with E-state index in [0.717, 1.165) is 31.9 Å². The average molecular weight is 556 g/mol. The van der Waals surface area contributed by atoms with Crippen LogP contribution in [0, 0.1) is 0 Å². The molecule has 1 aliphatic heterocycles. The average Bonchev–Trinajstić information content (AvgIpc) is 3.15. The molecule has 1 aliphatic rings. The van der Waals surface area contributed by atoms with Gasteiger partial charge < -0.3 is 15.1 Å². The number of nitrogens with zero attached hydrogens (tertiary/aromatic N) is 7. The summed E-state index contributed by atoms with van der Waals surface area (Å²) >= 11 is 6.61. The first kappa shape index (κ1) is 25.9. The Balaban J connectivity index is 1.53. The summed E-state index contributed by atoms with van der Waals surface area (Å²) in [6.07, 6.45) is 2.95. The largest absolute Gasteiger partial charge is 0.368 e. The lowest BCUT2D eigenvalue weighted by atomic mass is 10.2. The highest BCUT2D eigenvalue weighted by atomic mass is 35.5. The Kier molecular flexibility index (Phi) is 6.92. The zero-order valence-electron chi connectivity index (χ0n) is 20.6. The molecule has 5 rings (SSSR count). The number of aromatic nitrogens is 5. The van der Waals surface area contributed by atoms with Crippen LogP contribution < -0.4 is 20.9 Å². The molecule has 0 spiro atoms. The summed E-state index contributed by atoms with van der Waals surface area (Å²) < 4.78 is 26.5. The second-order valence-corrected chi connectivity index (χ2v) is 10.8. The summed E-state index contributed by atoms with van der Waals surface area (Å²) in [5.41, 5.74) is 1.47. The van der Waals surface area contributed by atoms with Crippen molar-refractivity contribution in [2.24, 2.45) is 5.14 Å². The minimum absolute atomic E-state index is 0.128. The van der Waals surface area contributed by atoms with Crippen LogP contribution in [0.25, 0.3) is 16.9 Å². The Morgan fingerprint density at radius 1 is 1.16 bits per heavy atom. The number of piperazine rings is 1. The van der Waals surface area contributed by atoms with Crippen LogP contribution in [0.1, 0.15) is 0 Å². The van der Waals surface area contributed by atoms with Crippen LogP contribution in [-0.4, -0.2) is 70.9 Å². The highest BCUT2D eigenvalue weighted by Crippen LogP contribution is 2.30. The van der Waals surface area contributed by atoms with Crippen molar-refractivity contribution in [2.45, 2.75) is 11.6 Å². The first-order valence-corrected chi connectivity index (χ1v) is 13.7. The number of sulfonamides is 1. The third kappa shape index (κ3) is 5.00. The number of pyridine rings is 1. The van der Waals surface area contributed by atoms with E-state index in [0.29, 0.717) is 10.7 Å². The minimum atomic E-state index is -4.07. The molecule has 3 aromatic heterocycles. The predicted octanol–water partition coefficient (Wildman–Crippen LogP) is 1.96. The van der Waals surface area contributed by atoms with Gasteiger partial charge in [0.05, 0.1) is 17.3 Å². The fraction of sp³-hybridized carbons (Fsp3) is 0.250. The van der Waals surface area contributed by atoms with E-state index in [1.54, 1.807) is 12.1 Å². The number of fused-ring (bicyclic) bond motifs is 1. The summed E-state index contributed by atoms with van der Waals surface area (Å²) in [5.74, 6) is 0.364. The van der Waals surface area contributed by atoms with Crippen molar-refractivity contribution >= 4 is 50.0 Å². The molecule has 1 fully saturated rings. The number of rotatable bonds is 7.